The van der Waals surface area contributed by atoms with Gasteiger partial charge in [-0.25, -0.2) is 4.98 Å². The largest absolute Gasteiger partial charge is 0.368 e. The Labute approximate surface area is 103 Å². The van der Waals surface area contributed by atoms with E-state index in [1.807, 2.05) is 0 Å². The quantitative estimate of drug-likeness (QED) is 0.849. The molecule has 4 nitrogen and oxygen atoms in total. The molecule has 17 heavy (non-hydrogen) atoms. The highest BCUT2D eigenvalue weighted by Crippen LogP contribution is 2.22. The van der Waals surface area contributed by atoms with Gasteiger partial charge in [0.05, 0.1) is 11.3 Å². The van der Waals surface area contributed by atoms with Crippen LogP contribution in [0.5, 0.6) is 0 Å². The summed E-state index contributed by atoms with van der Waals surface area (Å²) in [6.45, 7) is 6.76. The van der Waals surface area contributed by atoms with Crippen LogP contribution in [0.25, 0.3) is 0 Å². The van der Waals surface area contributed by atoms with Crippen molar-refractivity contribution in [2.75, 3.05) is 0 Å². The lowest BCUT2D eigenvalue weighted by Crippen LogP contribution is -2.28. The third-order valence-corrected chi connectivity index (χ3v) is 3.23. The minimum absolute atomic E-state index is 0.122. The monoisotopic (exact) mass is 237 g/mol. The maximum atomic E-state index is 5.97. The lowest BCUT2D eigenvalue weighted by Gasteiger charge is -2.19. The zero-order valence-electron chi connectivity index (χ0n) is 11.3. The maximum Gasteiger partial charge on any atom is 0.135 e. The molecule has 4 heteroatoms. The van der Waals surface area contributed by atoms with Crippen molar-refractivity contribution in [3.05, 3.63) is 17.2 Å². The summed E-state index contributed by atoms with van der Waals surface area (Å²) in [6, 6.07) is 0.272. The first-order valence-electron chi connectivity index (χ1n) is 6.29. The van der Waals surface area contributed by atoms with Crippen LogP contribution >= 0.6 is 0 Å². The molecule has 1 heterocycles. The minimum atomic E-state index is -0.122. The molecule has 0 fully saturated rings. The Morgan fingerprint density at radius 2 is 2.18 bits per heavy atom. The Kier molecular flexibility index (Phi) is 3.27. The summed E-state index contributed by atoms with van der Waals surface area (Å²) in [5, 5.41) is 0. The molecule has 0 amide bonds. The SMILES string of the molecule is Cn1c(COC(C)(C)C)nc2c1CCC(N)C2. The fourth-order valence-corrected chi connectivity index (χ4v) is 2.20. The van der Waals surface area contributed by atoms with Gasteiger partial charge in [-0.15, -0.1) is 0 Å². The molecule has 2 N–H and O–H groups in total. The van der Waals surface area contributed by atoms with Crippen molar-refractivity contribution in [1.29, 1.82) is 0 Å². The van der Waals surface area contributed by atoms with Crippen LogP contribution in [0, 0.1) is 0 Å². The van der Waals surface area contributed by atoms with Crippen molar-refractivity contribution in [3.63, 3.8) is 0 Å². The van der Waals surface area contributed by atoms with Crippen LogP contribution in [-0.4, -0.2) is 21.2 Å². The highest BCUT2D eigenvalue weighted by atomic mass is 16.5. The second-order valence-corrected chi connectivity index (χ2v) is 5.88. The molecule has 0 aromatic carbocycles. The number of rotatable bonds is 2. The van der Waals surface area contributed by atoms with E-state index in [1.54, 1.807) is 0 Å². The van der Waals surface area contributed by atoms with Crippen molar-refractivity contribution in [2.24, 2.45) is 12.8 Å². The van der Waals surface area contributed by atoms with Gasteiger partial charge in [-0.2, -0.15) is 0 Å². The molecule has 1 aromatic rings. The molecule has 0 spiro atoms. The number of imidazole rings is 1. The van der Waals surface area contributed by atoms with Crippen molar-refractivity contribution in [1.82, 2.24) is 9.55 Å². The molecule has 2 rings (SSSR count). The summed E-state index contributed by atoms with van der Waals surface area (Å²) in [6.07, 6.45) is 3.00. The molecular weight excluding hydrogens is 214 g/mol. The Balaban J connectivity index is 2.14. The topological polar surface area (TPSA) is 53.1 Å². The van der Waals surface area contributed by atoms with Crippen LogP contribution in [0.1, 0.15) is 44.4 Å². The lowest BCUT2D eigenvalue weighted by atomic mass is 9.97. The third kappa shape index (κ3) is 2.87. The van der Waals surface area contributed by atoms with Crippen molar-refractivity contribution >= 4 is 0 Å². The Bertz CT molecular complexity index is 404. The van der Waals surface area contributed by atoms with Crippen LogP contribution < -0.4 is 5.73 Å². The molecule has 96 valence electrons. The van der Waals surface area contributed by atoms with Crippen LogP contribution in [0.2, 0.25) is 0 Å². The minimum Gasteiger partial charge on any atom is -0.368 e. The predicted octanol–water partition coefficient (Wildman–Crippen LogP) is 1.55. The van der Waals surface area contributed by atoms with E-state index < -0.39 is 0 Å². The number of fused-ring (bicyclic) bond motifs is 1. The van der Waals surface area contributed by atoms with Crippen LogP contribution in [0.4, 0.5) is 0 Å². The van der Waals surface area contributed by atoms with Gasteiger partial charge in [-0.1, -0.05) is 0 Å². The van der Waals surface area contributed by atoms with E-state index in [-0.39, 0.29) is 11.6 Å². The van der Waals surface area contributed by atoms with E-state index >= 15 is 0 Å². The molecule has 1 unspecified atom stereocenters. The maximum absolute atomic E-state index is 5.97. The van der Waals surface area contributed by atoms with E-state index in [0.717, 1.165) is 25.1 Å². The van der Waals surface area contributed by atoms with Crippen molar-refractivity contribution in [2.45, 2.75) is 58.3 Å². The summed E-state index contributed by atoms with van der Waals surface area (Å²) in [5.74, 6) is 1.01. The van der Waals surface area contributed by atoms with Crippen LogP contribution in [0.3, 0.4) is 0 Å². The van der Waals surface area contributed by atoms with Gasteiger partial charge in [0.1, 0.15) is 12.4 Å². The number of hydrogen-bond donors (Lipinski definition) is 1. The number of nitrogens with two attached hydrogens (primary N) is 1. The predicted molar refractivity (Wildman–Crippen MR) is 67.8 cm³/mol. The van der Waals surface area contributed by atoms with E-state index in [4.69, 9.17) is 10.5 Å². The molecule has 1 aliphatic carbocycles. The molecule has 1 atom stereocenters. The zero-order chi connectivity index (χ0) is 12.6. The number of aromatic nitrogens is 2. The summed E-state index contributed by atoms with van der Waals surface area (Å²) < 4.78 is 7.96. The summed E-state index contributed by atoms with van der Waals surface area (Å²) >= 11 is 0. The normalized spacial score (nSPS) is 20.4. The van der Waals surface area contributed by atoms with Gasteiger partial charge in [-0.05, 0) is 33.6 Å². The second-order valence-electron chi connectivity index (χ2n) is 5.88. The molecule has 0 bridgehead atoms. The van der Waals surface area contributed by atoms with Gasteiger partial charge < -0.3 is 15.0 Å². The Morgan fingerprint density at radius 1 is 1.47 bits per heavy atom. The Hall–Kier alpha value is -0.870. The first-order valence-corrected chi connectivity index (χ1v) is 6.29. The van der Waals surface area contributed by atoms with Gasteiger partial charge >= 0.3 is 0 Å². The molecular formula is C13H23N3O. The number of nitrogens with zero attached hydrogens (tertiary/aromatic N) is 2. The van der Waals surface area contributed by atoms with Crippen molar-refractivity contribution < 1.29 is 4.74 Å². The lowest BCUT2D eigenvalue weighted by molar-refractivity contribution is -0.0190. The first-order chi connectivity index (χ1) is 7.87. The van der Waals surface area contributed by atoms with E-state index in [2.05, 4.69) is 37.4 Å². The van der Waals surface area contributed by atoms with Gasteiger partial charge in [-0.3, -0.25) is 0 Å². The molecule has 1 aromatic heterocycles. The van der Waals surface area contributed by atoms with Crippen molar-refractivity contribution in [3.8, 4) is 0 Å². The molecule has 0 aliphatic heterocycles. The van der Waals surface area contributed by atoms with Gasteiger partial charge in [0.2, 0.25) is 0 Å². The smallest absolute Gasteiger partial charge is 0.135 e. The second kappa shape index (κ2) is 4.42. The molecule has 1 aliphatic rings. The number of hydrogen-bond acceptors (Lipinski definition) is 3. The van der Waals surface area contributed by atoms with Crippen LogP contribution in [-0.2, 0) is 31.2 Å². The summed E-state index contributed by atoms with van der Waals surface area (Å²) in [5.41, 5.74) is 8.35. The standard InChI is InChI=1S/C13H23N3O/c1-13(2,3)17-8-12-15-10-7-9(14)5-6-11(10)16(12)4/h9H,5-8,14H2,1-4H3. The fraction of sp³-hybridized carbons (Fsp3) is 0.769. The van der Waals surface area contributed by atoms with E-state index in [0.29, 0.717) is 6.61 Å². The summed E-state index contributed by atoms with van der Waals surface area (Å²) in [7, 11) is 2.07. The highest BCUT2D eigenvalue weighted by molar-refractivity contribution is 5.21. The molecule has 0 saturated heterocycles. The highest BCUT2D eigenvalue weighted by Gasteiger charge is 2.22. The Morgan fingerprint density at radius 3 is 2.82 bits per heavy atom. The van der Waals surface area contributed by atoms with Gasteiger partial charge in [0, 0.05) is 25.2 Å². The molecule has 0 radical (unpaired) electrons. The van der Waals surface area contributed by atoms with E-state index in [1.165, 1.54) is 11.4 Å². The van der Waals surface area contributed by atoms with E-state index in [9.17, 15) is 0 Å². The van der Waals surface area contributed by atoms with Gasteiger partial charge in [0.15, 0.2) is 0 Å². The van der Waals surface area contributed by atoms with Crippen LogP contribution in [0.15, 0.2) is 0 Å². The molecule has 0 saturated carbocycles. The third-order valence-electron chi connectivity index (χ3n) is 3.23. The van der Waals surface area contributed by atoms with Gasteiger partial charge in [0.25, 0.3) is 0 Å². The summed E-state index contributed by atoms with van der Waals surface area (Å²) in [4.78, 5) is 4.66. The first kappa shape index (κ1) is 12.6. The zero-order valence-corrected chi connectivity index (χ0v) is 11.3. The average Bonchev–Trinajstić information content (AvgIpc) is 2.51. The fourth-order valence-electron chi connectivity index (χ4n) is 2.20. The average molecular weight is 237 g/mol. The number of ether oxygens (including phenoxy) is 1.